The SMILES string of the molecule is CCCC(=O)NCC(c1ccsc1)N1CCc2ccccc2C1. The van der Waals surface area contributed by atoms with Gasteiger partial charge >= 0.3 is 0 Å². The number of thiophene rings is 1. The lowest BCUT2D eigenvalue weighted by Crippen LogP contribution is -2.40. The highest BCUT2D eigenvalue weighted by atomic mass is 32.1. The van der Waals surface area contributed by atoms with Gasteiger partial charge < -0.3 is 5.32 Å². The van der Waals surface area contributed by atoms with Gasteiger partial charge in [0.15, 0.2) is 0 Å². The Morgan fingerprint density at radius 2 is 2.13 bits per heavy atom. The van der Waals surface area contributed by atoms with Gasteiger partial charge in [-0.25, -0.2) is 0 Å². The van der Waals surface area contributed by atoms with E-state index < -0.39 is 0 Å². The van der Waals surface area contributed by atoms with Gasteiger partial charge in [0, 0.05) is 26.1 Å². The molecule has 0 saturated heterocycles. The molecule has 1 aliphatic heterocycles. The zero-order valence-corrected chi connectivity index (χ0v) is 14.4. The van der Waals surface area contributed by atoms with E-state index in [0.717, 1.165) is 25.9 Å². The molecule has 3 nitrogen and oxygen atoms in total. The molecule has 1 aliphatic rings. The molecular formula is C19H24N2OS. The van der Waals surface area contributed by atoms with Crippen LogP contribution in [0.5, 0.6) is 0 Å². The van der Waals surface area contributed by atoms with Crippen molar-refractivity contribution in [3.8, 4) is 0 Å². The third kappa shape index (κ3) is 4.01. The van der Waals surface area contributed by atoms with E-state index in [9.17, 15) is 4.79 Å². The first kappa shape index (κ1) is 16.2. The van der Waals surface area contributed by atoms with E-state index in [2.05, 4.69) is 51.3 Å². The number of amides is 1. The maximum Gasteiger partial charge on any atom is 0.220 e. The molecule has 1 unspecified atom stereocenters. The first-order chi connectivity index (χ1) is 11.3. The average Bonchev–Trinajstić information content (AvgIpc) is 3.09. The van der Waals surface area contributed by atoms with Gasteiger partial charge in [0.25, 0.3) is 0 Å². The highest BCUT2D eigenvalue weighted by Gasteiger charge is 2.25. The second-order valence-corrected chi connectivity index (χ2v) is 6.90. The molecule has 0 spiro atoms. The largest absolute Gasteiger partial charge is 0.354 e. The summed E-state index contributed by atoms with van der Waals surface area (Å²) in [4.78, 5) is 14.4. The van der Waals surface area contributed by atoms with Gasteiger partial charge in [-0.3, -0.25) is 9.69 Å². The predicted octanol–water partition coefficient (Wildman–Crippen LogP) is 3.76. The summed E-state index contributed by atoms with van der Waals surface area (Å²) in [7, 11) is 0. The number of hydrogen-bond donors (Lipinski definition) is 1. The molecule has 1 amide bonds. The van der Waals surface area contributed by atoms with Gasteiger partial charge in [-0.1, -0.05) is 31.2 Å². The quantitative estimate of drug-likeness (QED) is 0.875. The van der Waals surface area contributed by atoms with Crippen molar-refractivity contribution in [2.24, 2.45) is 0 Å². The van der Waals surface area contributed by atoms with Crippen LogP contribution in [0.25, 0.3) is 0 Å². The fourth-order valence-corrected chi connectivity index (χ4v) is 3.94. The van der Waals surface area contributed by atoms with E-state index in [-0.39, 0.29) is 11.9 Å². The minimum Gasteiger partial charge on any atom is -0.354 e. The van der Waals surface area contributed by atoms with Crippen molar-refractivity contribution in [2.75, 3.05) is 13.1 Å². The first-order valence-electron chi connectivity index (χ1n) is 8.37. The number of carbonyl (C=O) groups is 1. The summed E-state index contributed by atoms with van der Waals surface area (Å²) >= 11 is 1.72. The van der Waals surface area contributed by atoms with Crippen molar-refractivity contribution in [2.45, 2.75) is 38.8 Å². The van der Waals surface area contributed by atoms with Crippen LogP contribution >= 0.6 is 11.3 Å². The second kappa shape index (κ2) is 7.75. The highest BCUT2D eigenvalue weighted by molar-refractivity contribution is 7.07. The molecule has 0 saturated carbocycles. The molecule has 1 aromatic carbocycles. The Morgan fingerprint density at radius 1 is 1.30 bits per heavy atom. The number of nitrogens with one attached hydrogen (secondary N) is 1. The molecule has 4 heteroatoms. The van der Waals surface area contributed by atoms with Crippen LogP contribution in [-0.2, 0) is 17.8 Å². The number of carbonyl (C=O) groups excluding carboxylic acids is 1. The topological polar surface area (TPSA) is 32.3 Å². The molecule has 0 aliphatic carbocycles. The summed E-state index contributed by atoms with van der Waals surface area (Å²) in [6.07, 6.45) is 2.59. The minimum absolute atomic E-state index is 0.158. The van der Waals surface area contributed by atoms with Crippen LogP contribution in [0.4, 0.5) is 0 Å². The van der Waals surface area contributed by atoms with Crippen molar-refractivity contribution in [1.29, 1.82) is 0 Å². The van der Waals surface area contributed by atoms with Crippen LogP contribution in [0.3, 0.4) is 0 Å². The van der Waals surface area contributed by atoms with E-state index in [4.69, 9.17) is 0 Å². The lowest BCUT2D eigenvalue weighted by Gasteiger charge is -2.35. The summed E-state index contributed by atoms with van der Waals surface area (Å²) in [5.74, 6) is 0.158. The zero-order valence-electron chi connectivity index (χ0n) is 13.6. The number of fused-ring (bicyclic) bond motifs is 1. The average molecular weight is 328 g/mol. The van der Waals surface area contributed by atoms with E-state index in [0.29, 0.717) is 13.0 Å². The fraction of sp³-hybridized carbons (Fsp3) is 0.421. The maximum atomic E-state index is 11.9. The van der Waals surface area contributed by atoms with Gasteiger partial charge in [-0.15, -0.1) is 0 Å². The summed E-state index contributed by atoms with van der Waals surface area (Å²) in [5, 5.41) is 7.44. The van der Waals surface area contributed by atoms with Crippen molar-refractivity contribution in [3.63, 3.8) is 0 Å². The molecule has 1 aromatic heterocycles. The first-order valence-corrected chi connectivity index (χ1v) is 9.32. The molecule has 1 N–H and O–H groups in total. The smallest absolute Gasteiger partial charge is 0.220 e. The molecule has 2 heterocycles. The van der Waals surface area contributed by atoms with E-state index >= 15 is 0 Å². The third-order valence-electron chi connectivity index (χ3n) is 4.50. The van der Waals surface area contributed by atoms with Crippen LogP contribution in [-0.4, -0.2) is 23.9 Å². The van der Waals surface area contributed by atoms with Gasteiger partial charge in [-0.2, -0.15) is 11.3 Å². The summed E-state index contributed by atoms with van der Waals surface area (Å²) in [6, 6.07) is 11.1. The van der Waals surface area contributed by atoms with Crippen molar-refractivity contribution >= 4 is 17.2 Å². The molecule has 0 fully saturated rings. The van der Waals surface area contributed by atoms with E-state index in [1.807, 2.05) is 6.92 Å². The van der Waals surface area contributed by atoms with Gasteiger partial charge in [0.05, 0.1) is 6.04 Å². The Labute approximate surface area is 142 Å². The molecule has 3 rings (SSSR count). The molecule has 1 atom stereocenters. The van der Waals surface area contributed by atoms with Crippen LogP contribution in [0, 0.1) is 0 Å². The van der Waals surface area contributed by atoms with Gasteiger partial charge in [0.1, 0.15) is 0 Å². The molecular weight excluding hydrogens is 304 g/mol. The molecule has 23 heavy (non-hydrogen) atoms. The van der Waals surface area contributed by atoms with Crippen LogP contribution < -0.4 is 5.32 Å². The highest BCUT2D eigenvalue weighted by Crippen LogP contribution is 2.28. The van der Waals surface area contributed by atoms with Crippen molar-refractivity contribution in [3.05, 3.63) is 57.8 Å². The lowest BCUT2D eigenvalue weighted by molar-refractivity contribution is -0.121. The second-order valence-electron chi connectivity index (χ2n) is 6.12. The molecule has 0 radical (unpaired) electrons. The summed E-state index contributed by atoms with van der Waals surface area (Å²) in [6.45, 7) is 4.73. The van der Waals surface area contributed by atoms with Crippen LogP contribution in [0.2, 0.25) is 0 Å². The van der Waals surface area contributed by atoms with E-state index in [1.54, 1.807) is 11.3 Å². The zero-order chi connectivity index (χ0) is 16.1. The van der Waals surface area contributed by atoms with Crippen molar-refractivity contribution in [1.82, 2.24) is 10.2 Å². The third-order valence-corrected chi connectivity index (χ3v) is 5.20. The summed E-state index contributed by atoms with van der Waals surface area (Å²) < 4.78 is 0. The Bertz CT molecular complexity index is 639. The molecule has 122 valence electrons. The minimum atomic E-state index is 0.158. The fourth-order valence-electron chi connectivity index (χ4n) is 3.23. The van der Waals surface area contributed by atoms with Crippen molar-refractivity contribution < 1.29 is 4.79 Å². The monoisotopic (exact) mass is 328 g/mol. The lowest BCUT2D eigenvalue weighted by atomic mass is 9.97. The number of benzene rings is 1. The van der Waals surface area contributed by atoms with E-state index in [1.165, 1.54) is 16.7 Å². The predicted molar refractivity (Wildman–Crippen MR) is 95.5 cm³/mol. The Kier molecular flexibility index (Phi) is 5.47. The number of hydrogen-bond acceptors (Lipinski definition) is 3. The number of nitrogens with zero attached hydrogens (tertiary/aromatic N) is 1. The normalized spacial score (nSPS) is 15.9. The van der Waals surface area contributed by atoms with Gasteiger partial charge in [-0.05, 0) is 46.4 Å². The molecule has 2 aromatic rings. The van der Waals surface area contributed by atoms with Crippen LogP contribution in [0.1, 0.15) is 42.5 Å². The number of rotatable bonds is 6. The Balaban J connectivity index is 1.73. The Hall–Kier alpha value is -1.65. The Morgan fingerprint density at radius 3 is 2.87 bits per heavy atom. The standard InChI is InChI=1S/C19H24N2OS/c1-2-5-19(22)20-12-18(17-9-11-23-14-17)21-10-8-15-6-3-4-7-16(15)13-21/h3-4,6-7,9,11,14,18H,2,5,8,10,12-13H2,1H3,(H,20,22). The molecule has 0 bridgehead atoms. The summed E-state index contributed by atoms with van der Waals surface area (Å²) in [5.41, 5.74) is 4.19. The maximum absolute atomic E-state index is 11.9. The van der Waals surface area contributed by atoms with Crippen LogP contribution in [0.15, 0.2) is 41.1 Å². The van der Waals surface area contributed by atoms with Gasteiger partial charge in [0.2, 0.25) is 5.91 Å².